The normalized spacial score (nSPS) is 22.6. The van der Waals surface area contributed by atoms with Crippen molar-refractivity contribution in [1.82, 2.24) is 4.90 Å². The molecule has 4 nitrogen and oxygen atoms in total. The zero-order valence-corrected chi connectivity index (χ0v) is 15.7. The van der Waals surface area contributed by atoms with E-state index in [4.69, 9.17) is 0 Å². The van der Waals surface area contributed by atoms with E-state index in [9.17, 15) is 13.2 Å². The van der Waals surface area contributed by atoms with Crippen LogP contribution in [0.2, 0.25) is 0 Å². The van der Waals surface area contributed by atoms with Gasteiger partial charge in [-0.05, 0) is 50.5 Å². The van der Waals surface area contributed by atoms with Gasteiger partial charge in [-0.15, -0.1) is 0 Å². The van der Waals surface area contributed by atoms with Gasteiger partial charge in [0.15, 0.2) is 0 Å². The molecule has 5 heteroatoms. The van der Waals surface area contributed by atoms with E-state index in [1.54, 1.807) is 0 Å². The van der Waals surface area contributed by atoms with Crippen molar-refractivity contribution in [3.05, 3.63) is 34.9 Å². The van der Waals surface area contributed by atoms with Crippen LogP contribution >= 0.6 is 0 Å². The Morgan fingerprint density at radius 1 is 1.21 bits per heavy atom. The molecular formula is C19H27NO3S. The highest BCUT2D eigenvalue weighted by molar-refractivity contribution is 7.90. The van der Waals surface area contributed by atoms with Crippen molar-refractivity contribution in [1.29, 1.82) is 0 Å². The third kappa shape index (κ3) is 4.00. The number of carbonyl (C=O) groups is 1. The number of amides is 1. The molecule has 0 unspecified atom stereocenters. The quantitative estimate of drug-likeness (QED) is 0.820. The van der Waals surface area contributed by atoms with Crippen molar-refractivity contribution in [2.45, 2.75) is 52.0 Å². The molecule has 1 heterocycles. The summed E-state index contributed by atoms with van der Waals surface area (Å²) in [4.78, 5) is 14.9. The lowest BCUT2D eigenvalue weighted by molar-refractivity contribution is -0.133. The van der Waals surface area contributed by atoms with Crippen molar-refractivity contribution < 1.29 is 13.2 Å². The van der Waals surface area contributed by atoms with Crippen LogP contribution in [0.3, 0.4) is 0 Å². The molecule has 0 aromatic heterocycles. The highest BCUT2D eigenvalue weighted by Crippen LogP contribution is 2.50. The van der Waals surface area contributed by atoms with Crippen LogP contribution in [0.15, 0.2) is 18.2 Å². The Bertz CT molecular complexity index is 730. The second kappa shape index (κ2) is 6.17. The van der Waals surface area contributed by atoms with Crippen LogP contribution in [0.4, 0.5) is 0 Å². The first-order valence-corrected chi connectivity index (χ1v) is 10.8. The second-order valence-electron chi connectivity index (χ2n) is 7.91. The summed E-state index contributed by atoms with van der Waals surface area (Å²) in [7, 11) is -3.04. The van der Waals surface area contributed by atoms with Crippen LogP contribution < -0.4 is 0 Å². The van der Waals surface area contributed by atoms with Crippen molar-refractivity contribution in [3.63, 3.8) is 0 Å². The van der Waals surface area contributed by atoms with E-state index in [1.165, 1.54) is 22.9 Å². The summed E-state index contributed by atoms with van der Waals surface area (Å²) in [6.45, 7) is 4.96. The van der Waals surface area contributed by atoms with E-state index in [1.807, 2.05) is 4.90 Å². The summed E-state index contributed by atoms with van der Waals surface area (Å²) < 4.78 is 23.3. The van der Waals surface area contributed by atoms with Crippen LogP contribution in [0.5, 0.6) is 0 Å². The summed E-state index contributed by atoms with van der Waals surface area (Å²) in [6.07, 6.45) is 5.37. The van der Waals surface area contributed by atoms with Crippen LogP contribution in [0.1, 0.15) is 54.8 Å². The van der Waals surface area contributed by atoms with Crippen molar-refractivity contribution in [3.8, 4) is 0 Å². The summed E-state index contributed by atoms with van der Waals surface area (Å²) in [5, 5.41) is 0. The molecule has 1 saturated carbocycles. The molecule has 0 N–H and O–H groups in total. The number of benzene rings is 1. The van der Waals surface area contributed by atoms with Crippen molar-refractivity contribution >= 4 is 15.7 Å². The smallest absolute Gasteiger partial charge is 0.223 e. The molecule has 1 aromatic rings. The van der Waals surface area contributed by atoms with Gasteiger partial charge in [-0.25, -0.2) is 8.42 Å². The minimum atomic E-state index is -3.04. The van der Waals surface area contributed by atoms with Crippen LogP contribution in [-0.2, 0) is 14.6 Å². The third-order valence-corrected chi connectivity index (χ3v) is 6.39. The minimum Gasteiger partial charge on any atom is -0.336 e. The van der Waals surface area contributed by atoms with E-state index in [0.29, 0.717) is 6.42 Å². The molecule has 0 radical (unpaired) electrons. The highest BCUT2D eigenvalue weighted by atomic mass is 32.2. The molecule has 1 saturated heterocycles. The fraction of sp³-hybridized carbons (Fsp3) is 0.632. The maximum absolute atomic E-state index is 12.9. The van der Waals surface area contributed by atoms with Gasteiger partial charge in [0.05, 0.1) is 11.8 Å². The van der Waals surface area contributed by atoms with Crippen molar-refractivity contribution in [2.24, 2.45) is 5.41 Å². The molecule has 1 aliphatic carbocycles. The fourth-order valence-corrected chi connectivity index (χ4v) is 5.64. The predicted molar refractivity (Wildman–Crippen MR) is 95.6 cm³/mol. The Hall–Kier alpha value is -1.36. The summed E-state index contributed by atoms with van der Waals surface area (Å²) in [6, 6.07) is 6.64. The minimum absolute atomic E-state index is 0.123. The first-order valence-electron chi connectivity index (χ1n) is 8.73. The van der Waals surface area contributed by atoms with Crippen molar-refractivity contribution in [2.75, 3.05) is 18.6 Å². The molecule has 1 aromatic carbocycles. The molecule has 3 rings (SSSR count). The summed E-state index contributed by atoms with van der Waals surface area (Å²) >= 11 is 0. The number of rotatable bonds is 5. The van der Waals surface area contributed by atoms with Gasteiger partial charge < -0.3 is 4.90 Å². The molecule has 1 atom stereocenters. The van der Waals surface area contributed by atoms with E-state index in [0.717, 1.165) is 32.2 Å². The lowest BCUT2D eigenvalue weighted by atomic mass is 9.98. The average molecular weight is 349 g/mol. The maximum Gasteiger partial charge on any atom is 0.223 e. The maximum atomic E-state index is 12.9. The number of hydrogen-bond donors (Lipinski definition) is 0. The van der Waals surface area contributed by atoms with E-state index < -0.39 is 9.84 Å². The lowest BCUT2D eigenvalue weighted by Gasteiger charge is -2.27. The lowest BCUT2D eigenvalue weighted by Crippen LogP contribution is -2.33. The van der Waals surface area contributed by atoms with Crippen LogP contribution in [0, 0.1) is 19.3 Å². The Morgan fingerprint density at radius 2 is 1.83 bits per heavy atom. The molecule has 1 aliphatic heterocycles. The highest BCUT2D eigenvalue weighted by Gasteiger charge is 2.48. The zero-order valence-electron chi connectivity index (χ0n) is 14.8. The molecule has 1 amide bonds. The van der Waals surface area contributed by atoms with Gasteiger partial charge in [-0.3, -0.25) is 4.79 Å². The molecule has 0 spiro atoms. The topological polar surface area (TPSA) is 54.5 Å². The SMILES string of the molecule is Cc1cc(C)cc([C@H]2CCCN2C(=O)CC2(CS(C)(=O)=O)CC2)c1. The third-order valence-electron chi connectivity index (χ3n) is 5.25. The van der Waals surface area contributed by atoms with Gasteiger partial charge in [-0.1, -0.05) is 29.3 Å². The molecule has 2 aliphatic rings. The van der Waals surface area contributed by atoms with Gasteiger partial charge in [-0.2, -0.15) is 0 Å². The summed E-state index contributed by atoms with van der Waals surface area (Å²) in [5.41, 5.74) is 3.37. The Kier molecular flexibility index (Phi) is 4.49. The monoisotopic (exact) mass is 349 g/mol. The predicted octanol–water partition coefficient (Wildman–Crippen LogP) is 3.18. The number of nitrogens with zero attached hydrogens (tertiary/aromatic N) is 1. The summed E-state index contributed by atoms with van der Waals surface area (Å²) in [5.74, 6) is 0.270. The van der Waals surface area contributed by atoms with Gasteiger partial charge in [0, 0.05) is 19.2 Å². The Balaban J connectivity index is 1.74. The first-order chi connectivity index (χ1) is 11.2. The first kappa shape index (κ1) is 17.5. The Morgan fingerprint density at radius 3 is 2.38 bits per heavy atom. The van der Waals surface area contributed by atoms with E-state index in [-0.39, 0.29) is 23.1 Å². The largest absolute Gasteiger partial charge is 0.336 e. The van der Waals surface area contributed by atoms with Crippen LogP contribution in [0.25, 0.3) is 0 Å². The number of aryl methyl sites for hydroxylation is 2. The molecule has 2 fully saturated rings. The number of sulfone groups is 1. The van der Waals surface area contributed by atoms with E-state index in [2.05, 4.69) is 32.0 Å². The molecular weight excluding hydrogens is 322 g/mol. The number of hydrogen-bond acceptors (Lipinski definition) is 3. The van der Waals surface area contributed by atoms with Crippen LogP contribution in [-0.4, -0.2) is 37.8 Å². The molecule has 132 valence electrons. The van der Waals surface area contributed by atoms with E-state index >= 15 is 0 Å². The zero-order chi connectivity index (χ0) is 17.5. The standard InChI is InChI=1S/C19H27NO3S/c1-14-9-15(2)11-16(10-14)17-5-4-8-20(17)18(21)12-19(6-7-19)13-24(3,22)23/h9-11,17H,4-8,12-13H2,1-3H3/t17-/m1/s1. The second-order valence-corrected chi connectivity index (χ2v) is 10.1. The average Bonchev–Trinajstić information content (AvgIpc) is 3.00. The number of carbonyl (C=O) groups excluding carboxylic acids is 1. The van der Waals surface area contributed by atoms with Gasteiger partial charge in [0.2, 0.25) is 5.91 Å². The van der Waals surface area contributed by atoms with Gasteiger partial charge in [0.25, 0.3) is 0 Å². The van der Waals surface area contributed by atoms with Gasteiger partial charge >= 0.3 is 0 Å². The Labute approximate surface area is 145 Å². The fourth-order valence-electron chi connectivity index (χ4n) is 4.14. The molecule has 24 heavy (non-hydrogen) atoms. The molecule has 0 bridgehead atoms. The number of likely N-dealkylation sites (tertiary alicyclic amines) is 1. The van der Waals surface area contributed by atoms with Gasteiger partial charge in [0.1, 0.15) is 9.84 Å².